The molecule has 0 amide bonds. The lowest BCUT2D eigenvalue weighted by molar-refractivity contribution is 0.0222. The zero-order valence-electron chi connectivity index (χ0n) is 21.1. The van der Waals surface area contributed by atoms with Crippen LogP contribution in [0, 0.1) is 0 Å². The second-order valence-corrected chi connectivity index (χ2v) is 8.23. The molecular weight excluding hydrogens is 392 g/mol. The highest BCUT2D eigenvalue weighted by Crippen LogP contribution is 2.10. The van der Waals surface area contributed by atoms with Crippen molar-refractivity contribution in [3.8, 4) is 0 Å². The molecule has 0 saturated carbocycles. The van der Waals surface area contributed by atoms with Gasteiger partial charge in [-0.1, -0.05) is 104 Å². The largest absolute Gasteiger partial charge is 0.394 e. The first-order valence-electron chi connectivity index (χ1n) is 13.3. The molecule has 0 fully saturated rings. The van der Waals surface area contributed by atoms with E-state index >= 15 is 0 Å². The van der Waals surface area contributed by atoms with Crippen LogP contribution < -0.4 is 0 Å². The Morgan fingerprint density at radius 3 is 0.968 bits per heavy atom. The second-order valence-electron chi connectivity index (χ2n) is 8.23. The van der Waals surface area contributed by atoms with Crippen LogP contribution in [0.2, 0.25) is 0 Å². The standard InChI is InChI=1S/C20H42O.C6H14O4/c1-3-5-7-9-11-13-15-17-19-21-20-18-16-14-12-10-8-6-4-2;7-1-3-9-5-6-10-4-2-8/h3-20H2,1-2H3;7-8H,1-6H2. The average Bonchev–Trinajstić information content (AvgIpc) is 2.79. The minimum absolute atomic E-state index is 0.0417. The maximum absolute atomic E-state index is 8.26. The van der Waals surface area contributed by atoms with E-state index in [-0.39, 0.29) is 13.2 Å². The summed E-state index contributed by atoms with van der Waals surface area (Å²) in [5.41, 5.74) is 0. The predicted molar refractivity (Wildman–Crippen MR) is 132 cm³/mol. The Kier molecular flexibility index (Phi) is 36.6. The summed E-state index contributed by atoms with van der Waals surface area (Å²) in [5.74, 6) is 0. The Bertz CT molecular complexity index is 251. The highest BCUT2D eigenvalue weighted by Gasteiger charge is 1.94. The lowest BCUT2D eigenvalue weighted by atomic mass is 10.1. The predicted octanol–water partition coefficient (Wildman–Crippen LogP) is 6.29. The Hall–Kier alpha value is -0.200. The molecule has 0 aliphatic heterocycles. The van der Waals surface area contributed by atoms with Crippen molar-refractivity contribution in [1.29, 1.82) is 0 Å². The Morgan fingerprint density at radius 1 is 0.355 bits per heavy atom. The molecule has 0 aromatic heterocycles. The van der Waals surface area contributed by atoms with E-state index in [4.69, 9.17) is 24.4 Å². The number of rotatable bonds is 25. The van der Waals surface area contributed by atoms with Crippen LogP contribution in [-0.4, -0.2) is 63.1 Å². The molecule has 0 saturated heterocycles. The number of unbranched alkanes of at least 4 members (excludes halogenated alkanes) is 14. The molecule has 190 valence electrons. The topological polar surface area (TPSA) is 68.2 Å². The molecule has 0 atom stereocenters. The zero-order valence-corrected chi connectivity index (χ0v) is 21.1. The minimum Gasteiger partial charge on any atom is -0.394 e. The van der Waals surface area contributed by atoms with Gasteiger partial charge >= 0.3 is 0 Å². The Morgan fingerprint density at radius 2 is 0.645 bits per heavy atom. The summed E-state index contributed by atoms with van der Waals surface area (Å²) in [4.78, 5) is 0. The molecule has 2 N–H and O–H groups in total. The minimum atomic E-state index is 0.0417. The highest BCUT2D eigenvalue weighted by atomic mass is 16.5. The first-order chi connectivity index (χ1) is 15.3. The van der Waals surface area contributed by atoms with Gasteiger partial charge in [-0.3, -0.25) is 0 Å². The van der Waals surface area contributed by atoms with Crippen molar-refractivity contribution in [3.05, 3.63) is 0 Å². The van der Waals surface area contributed by atoms with Gasteiger partial charge in [0.1, 0.15) is 0 Å². The molecule has 0 aliphatic carbocycles. The summed E-state index contributed by atoms with van der Waals surface area (Å²) in [6.45, 7) is 8.27. The molecular formula is C26H56O5. The fourth-order valence-electron chi connectivity index (χ4n) is 3.23. The quantitative estimate of drug-likeness (QED) is 0.161. The fourth-order valence-corrected chi connectivity index (χ4v) is 3.23. The van der Waals surface area contributed by atoms with Crippen molar-refractivity contribution in [2.24, 2.45) is 0 Å². The first kappa shape index (κ1) is 33.0. The number of aliphatic hydroxyl groups is 2. The van der Waals surface area contributed by atoms with E-state index in [1.807, 2.05) is 0 Å². The summed E-state index contributed by atoms with van der Waals surface area (Å²) >= 11 is 0. The molecule has 5 heteroatoms. The molecule has 0 bridgehead atoms. The maximum atomic E-state index is 8.26. The van der Waals surface area contributed by atoms with Gasteiger partial charge in [-0.25, -0.2) is 0 Å². The number of ether oxygens (including phenoxy) is 3. The SMILES string of the molecule is CCCCCCCCCCOCCCCCCCCCC.OCCOCCOCCO. The van der Waals surface area contributed by atoms with Gasteiger partial charge in [-0.15, -0.1) is 0 Å². The average molecular weight is 449 g/mol. The molecule has 0 unspecified atom stereocenters. The van der Waals surface area contributed by atoms with E-state index in [9.17, 15) is 0 Å². The van der Waals surface area contributed by atoms with Gasteiger partial charge in [0.25, 0.3) is 0 Å². The monoisotopic (exact) mass is 448 g/mol. The van der Waals surface area contributed by atoms with Crippen LogP contribution in [0.3, 0.4) is 0 Å². The van der Waals surface area contributed by atoms with E-state index in [1.165, 1.54) is 103 Å². The van der Waals surface area contributed by atoms with Gasteiger partial charge in [0, 0.05) is 13.2 Å². The van der Waals surface area contributed by atoms with Gasteiger partial charge in [-0.2, -0.15) is 0 Å². The van der Waals surface area contributed by atoms with Crippen molar-refractivity contribution >= 4 is 0 Å². The molecule has 0 heterocycles. The molecule has 0 aromatic carbocycles. The van der Waals surface area contributed by atoms with Crippen LogP contribution in [0.5, 0.6) is 0 Å². The maximum Gasteiger partial charge on any atom is 0.0701 e. The second kappa shape index (κ2) is 34.4. The van der Waals surface area contributed by atoms with Gasteiger partial charge in [0.15, 0.2) is 0 Å². The van der Waals surface area contributed by atoms with Gasteiger partial charge in [0.05, 0.1) is 39.6 Å². The van der Waals surface area contributed by atoms with Crippen LogP contribution in [0.25, 0.3) is 0 Å². The van der Waals surface area contributed by atoms with Crippen molar-refractivity contribution in [2.75, 3.05) is 52.9 Å². The summed E-state index contributed by atoms with van der Waals surface area (Å²) in [6, 6.07) is 0. The van der Waals surface area contributed by atoms with E-state index in [0.29, 0.717) is 26.4 Å². The number of hydrogen-bond donors (Lipinski definition) is 2. The summed E-state index contributed by atoms with van der Waals surface area (Å²) in [7, 11) is 0. The van der Waals surface area contributed by atoms with E-state index in [2.05, 4.69) is 13.8 Å². The van der Waals surface area contributed by atoms with Crippen molar-refractivity contribution in [1.82, 2.24) is 0 Å². The molecule has 0 spiro atoms. The first-order valence-corrected chi connectivity index (χ1v) is 13.3. The lowest BCUT2D eigenvalue weighted by Gasteiger charge is -2.05. The lowest BCUT2D eigenvalue weighted by Crippen LogP contribution is -2.09. The van der Waals surface area contributed by atoms with Crippen LogP contribution in [0.4, 0.5) is 0 Å². The highest BCUT2D eigenvalue weighted by molar-refractivity contribution is 4.47. The Balaban J connectivity index is 0. The fraction of sp³-hybridized carbons (Fsp3) is 1.00. The summed E-state index contributed by atoms with van der Waals surface area (Å²) in [6.07, 6.45) is 22.2. The third-order valence-electron chi connectivity index (χ3n) is 5.13. The molecule has 0 rings (SSSR count). The van der Waals surface area contributed by atoms with Crippen molar-refractivity contribution < 1.29 is 24.4 Å². The van der Waals surface area contributed by atoms with Crippen LogP contribution >= 0.6 is 0 Å². The van der Waals surface area contributed by atoms with Crippen molar-refractivity contribution in [3.63, 3.8) is 0 Å². The third-order valence-corrected chi connectivity index (χ3v) is 5.13. The zero-order chi connectivity index (χ0) is 23.1. The van der Waals surface area contributed by atoms with Crippen molar-refractivity contribution in [2.45, 2.75) is 117 Å². The third kappa shape index (κ3) is 37.4. The molecule has 0 radical (unpaired) electrons. The van der Waals surface area contributed by atoms with Gasteiger partial charge in [-0.05, 0) is 12.8 Å². The normalized spacial score (nSPS) is 10.8. The summed E-state index contributed by atoms with van der Waals surface area (Å²) in [5, 5.41) is 16.5. The molecule has 31 heavy (non-hydrogen) atoms. The molecule has 5 nitrogen and oxygen atoms in total. The summed E-state index contributed by atoms with van der Waals surface area (Å²) < 4.78 is 15.5. The number of hydrogen-bond acceptors (Lipinski definition) is 5. The van der Waals surface area contributed by atoms with E-state index in [1.54, 1.807) is 0 Å². The Labute approximate surface area is 194 Å². The van der Waals surface area contributed by atoms with E-state index in [0.717, 1.165) is 13.2 Å². The number of aliphatic hydroxyl groups excluding tert-OH is 2. The molecule has 0 aromatic rings. The van der Waals surface area contributed by atoms with Gasteiger partial charge < -0.3 is 24.4 Å². The van der Waals surface area contributed by atoms with Gasteiger partial charge in [0.2, 0.25) is 0 Å². The van der Waals surface area contributed by atoms with E-state index < -0.39 is 0 Å². The smallest absolute Gasteiger partial charge is 0.0701 e. The molecule has 0 aliphatic rings. The van der Waals surface area contributed by atoms with Crippen LogP contribution in [-0.2, 0) is 14.2 Å². The van der Waals surface area contributed by atoms with Crippen LogP contribution in [0.15, 0.2) is 0 Å². The van der Waals surface area contributed by atoms with Crippen LogP contribution in [0.1, 0.15) is 117 Å².